The van der Waals surface area contributed by atoms with Crippen LogP contribution < -0.4 is 0 Å². The maximum atomic E-state index is 11.2. The van der Waals surface area contributed by atoms with E-state index in [9.17, 15) is 4.79 Å². The Morgan fingerprint density at radius 1 is 1.25 bits per heavy atom. The van der Waals surface area contributed by atoms with Crippen molar-refractivity contribution in [3.63, 3.8) is 0 Å². The highest BCUT2D eigenvalue weighted by Crippen LogP contribution is 2.05. The molecule has 1 rings (SSSR count). The van der Waals surface area contributed by atoms with E-state index in [1.165, 1.54) is 5.56 Å². The third-order valence-corrected chi connectivity index (χ3v) is 2.48. The molecule has 0 fully saturated rings. The van der Waals surface area contributed by atoms with E-state index in [-0.39, 0.29) is 5.78 Å². The maximum absolute atomic E-state index is 11.2. The normalized spacial score (nSPS) is 10.8. The minimum absolute atomic E-state index is 0.252. The number of unbranched alkanes of at least 4 members (excludes halogenated alkanes) is 1. The van der Waals surface area contributed by atoms with Crippen LogP contribution in [0.2, 0.25) is 0 Å². The summed E-state index contributed by atoms with van der Waals surface area (Å²) in [7, 11) is 0. The number of allylic oxidation sites excluding steroid dienone is 2. The summed E-state index contributed by atoms with van der Waals surface area (Å²) >= 11 is 0. The summed E-state index contributed by atoms with van der Waals surface area (Å²) < 4.78 is 0. The third kappa shape index (κ3) is 5.50. The molecule has 1 aromatic rings. The Labute approximate surface area is 98.2 Å². The standard InChI is InChI=1S/C15H20O/c1-2-9-15(16)13-8-4-7-12-14-10-5-3-6-11-14/h3,5-6,8,10-11,13H,2,4,7,9,12H2,1H3. The van der Waals surface area contributed by atoms with Crippen molar-refractivity contribution in [2.75, 3.05) is 0 Å². The van der Waals surface area contributed by atoms with Crippen LogP contribution in [0, 0.1) is 0 Å². The van der Waals surface area contributed by atoms with Crippen LogP contribution in [0.3, 0.4) is 0 Å². The van der Waals surface area contributed by atoms with Crippen molar-refractivity contribution in [2.45, 2.75) is 39.0 Å². The Kier molecular flexibility index (Phi) is 6.24. The topological polar surface area (TPSA) is 17.1 Å². The Morgan fingerprint density at radius 3 is 2.69 bits per heavy atom. The van der Waals surface area contributed by atoms with Gasteiger partial charge in [0.25, 0.3) is 0 Å². The molecule has 0 saturated heterocycles. The monoisotopic (exact) mass is 216 g/mol. The van der Waals surface area contributed by atoms with Gasteiger partial charge in [-0.2, -0.15) is 0 Å². The molecule has 0 atom stereocenters. The molecule has 0 N–H and O–H groups in total. The fraction of sp³-hybridized carbons (Fsp3) is 0.400. The number of rotatable bonds is 7. The van der Waals surface area contributed by atoms with Crippen LogP contribution in [0.4, 0.5) is 0 Å². The van der Waals surface area contributed by atoms with Gasteiger partial charge in [-0.25, -0.2) is 0 Å². The molecule has 0 spiro atoms. The smallest absolute Gasteiger partial charge is 0.155 e. The first-order valence-corrected chi connectivity index (χ1v) is 6.06. The average Bonchev–Trinajstić information content (AvgIpc) is 2.30. The molecule has 0 aromatic heterocycles. The van der Waals surface area contributed by atoms with Gasteiger partial charge >= 0.3 is 0 Å². The molecule has 0 aliphatic rings. The lowest BCUT2D eigenvalue weighted by molar-refractivity contribution is -0.114. The number of hydrogen-bond donors (Lipinski definition) is 0. The molecule has 86 valence electrons. The highest BCUT2D eigenvalue weighted by atomic mass is 16.1. The zero-order chi connectivity index (χ0) is 11.6. The summed E-state index contributed by atoms with van der Waals surface area (Å²) in [6.45, 7) is 2.03. The quantitative estimate of drug-likeness (QED) is 0.498. The predicted molar refractivity (Wildman–Crippen MR) is 68.4 cm³/mol. The van der Waals surface area contributed by atoms with Gasteiger partial charge in [-0.1, -0.05) is 43.3 Å². The molecule has 0 saturated carbocycles. The van der Waals surface area contributed by atoms with Crippen molar-refractivity contribution in [1.82, 2.24) is 0 Å². The van der Waals surface area contributed by atoms with E-state index in [4.69, 9.17) is 0 Å². The fourth-order valence-corrected chi connectivity index (χ4v) is 1.61. The molecule has 1 aromatic carbocycles. The lowest BCUT2D eigenvalue weighted by atomic mass is 10.1. The lowest BCUT2D eigenvalue weighted by Crippen LogP contribution is -1.90. The van der Waals surface area contributed by atoms with Crippen molar-refractivity contribution < 1.29 is 4.79 Å². The molecule has 0 unspecified atom stereocenters. The molecular weight excluding hydrogens is 196 g/mol. The van der Waals surface area contributed by atoms with Crippen LogP contribution in [0.15, 0.2) is 42.5 Å². The van der Waals surface area contributed by atoms with Gasteiger partial charge in [-0.3, -0.25) is 4.79 Å². The second-order valence-corrected chi connectivity index (χ2v) is 4.00. The van der Waals surface area contributed by atoms with E-state index in [1.807, 2.05) is 19.1 Å². The molecule has 0 aliphatic heterocycles. The van der Waals surface area contributed by atoms with E-state index in [2.05, 4.69) is 24.3 Å². The minimum Gasteiger partial charge on any atom is -0.295 e. The highest BCUT2D eigenvalue weighted by molar-refractivity contribution is 5.89. The Hall–Kier alpha value is -1.37. The zero-order valence-electron chi connectivity index (χ0n) is 9.99. The summed E-state index contributed by atoms with van der Waals surface area (Å²) in [6, 6.07) is 10.5. The van der Waals surface area contributed by atoms with Crippen LogP contribution in [0.25, 0.3) is 0 Å². The van der Waals surface area contributed by atoms with Crippen LogP contribution in [-0.4, -0.2) is 5.78 Å². The van der Waals surface area contributed by atoms with Crippen LogP contribution >= 0.6 is 0 Å². The van der Waals surface area contributed by atoms with Crippen LogP contribution in [0.1, 0.15) is 38.2 Å². The number of ketones is 1. The summed E-state index contributed by atoms with van der Waals surface area (Å²) in [4.78, 5) is 11.2. The number of hydrogen-bond acceptors (Lipinski definition) is 1. The Bertz CT molecular complexity index is 325. The minimum atomic E-state index is 0.252. The molecule has 1 nitrogen and oxygen atoms in total. The first-order valence-electron chi connectivity index (χ1n) is 6.06. The van der Waals surface area contributed by atoms with Gasteiger partial charge in [0.1, 0.15) is 0 Å². The van der Waals surface area contributed by atoms with Gasteiger partial charge in [-0.05, 0) is 37.3 Å². The SMILES string of the molecule is CCCC(=O)C=CCCCc1ccccc1. The Morgan fingerprint density at radius 2 is 2.00 bits per heavy atom. The third-order valence-electron chi connectivity index (χ3n) is 2.48. The lowest BCUT2D eigenvalue weighted by Gasteiger charge is -1.97. The second-order valence-electron chi connectivity index (χ2n) is 4.00. The number of carbonyl (C=O) groups is 1. The molecule has 0 heterocycles. The molecule has 0 radical (unpaired) electrons. The predicted octanol–water partition coefficient (Wildman–Crippen LogP) is 3.93. The van der Waals surface area contributed by atoms with E-state index in [0.29, 0.717) is 6.42 Å². The maximum Gasteiger partial charge on any atom is 0.155 e. The van der Waals surface area contributed by atoms with Crippen molar-refractivity contribution in [3.05, 3.63) is 48.0 Å². The average molecular weight is 216 g/mol. The first kappa shape index (κ1) is 12.7. The zero-order valence-corrected chi connectivity index (χ0v) is 9.99. The largest absolute Gasteiger partial charge is 0.295 e. The van der Waals surface area contributed by atoms with Gasteiger partial charge in [0.15, 0.2) is 5.78 Å². The van der Waals surface area contributed by atoms with Gasteiger partial charge in [-0.15, -0.1) is 0 Å². The summed E-state index contributed by atoms with van der Waals surface area (Å²) in [6.07, 6.45) is 8.54. The van der Waals surface area contributed by atoms with Crippen LogP contribution in [-0.2, 0) is 11.2 Å². The summed E-state index contributed by atoms with van der Waals surface area (Å²) in [5, 5.41) is 0. The number of carbonyl (C=O) groups excluding carboxylic acids is 1. The van der Waals surface area contributed by atoms with Crippen molar-refractivity contribution >= 4 is 5.78 Å². The van der Waals surface area contributed by atoms with Crippen molar-refractivity contribution in [1.29, 1.82) is 0 Å². The van der Waals surface area contributed by atoms with Crippen molar-refractivity contribution in [3.8, 4) is 0 Å². The molecule has 0 aliphatic carbocycles. The molecule has 1 heteroatoms. The number of benzene rings is 1. The summed E-state index contributed by atoms with van der Waals surface area (Å²) in [5.41, 5.74) is 1.37. The van der Waals surface area contributed by atoms with Gasteiger partial charge in [0.2, 0.25) is 0 Å². The van der Waals surface area contributed by atoms with E-state index < -0.39 is 0 Å². The fourth-order valence-electron chi connectivity index (χ4n) is 1.61. The van der Waals surface area contributed by atoms with E-state index in [0.717, 1.165) is 25.7 Å². The van der Waals surface area contributed by atoms with Crippen LogP contribution in [0.5, 0.6) is 0 Å². The number of aryl methyl sites for hydroxylation is 1. The second kappa shape index (κ2) is 7.86. The van der Waals surface area contributed by atoms with Gasteiger partial charge in [0.05, 0.1) is 0 Å². The first-order chi connectivity index (χ1) is 7.83. The van der Waals surface area contributed by atoms with Gasteiger partial charge < -0.3 is 0 Å². The highest BCUT2D eigenvalue weighted by Gasteiger charge is 1.93. The van der Waals surface area contributed by atoms with Gasteiger partial charge in [0, 0.05) is 6.42 Å². The molecule has 16 heavy (non-hydrogen) atoms. The molecule has 0 amide bonds. The van der Waals surface area contributed by atoms with E-state index >= 15 is 0 Å². The summed E-state index contributed by atoms with van der Waals surface area (Å²) in [5.74, 6) is 0.252. The molecule has 0 bridgehead atoms. The van der Waals surface area contributed by atoms with Crippen molar-refractivity contribution in [2.24, 2.45) is 0 Å². The Balaban J connectivity index is 2.15. The van der Waals surface area contributed by atoms with E-state index in [1.54, 1.807) is 6.08 Å². The molecular formula is C15H20O.